The van der Waals surface area contributed by atoms with Crippen LogP contribution in [0.4, 0.5) is 5.82 Å². The van der Waals surface area contributed by atoms with Crippen LogP contribution in [0.1, 0.15) is 29.9 Å². The Balaban J connectivity index is 1.55. The Hall–Kier alpha value is -2.30. The summed E-state index contributed by atoms with van der Waals surface area (Å²) in [6, 6.07) is 5.21. The van der Waals surface area contributed by atoms with Crippen molar-refractivity contribution in [3.63, 3.8) is 0 Å². The van der Waals surface area contributed by atoms with Crippen LogP contribution < -0.4 is 5.73 Å². The molecule has 1 saturated heterocycles. The lowest BCUT2D eigenvalue weighted by Crippen LogP contribution is -2.32. The van der Waals surface area contributed by atoms with E-state index in [-0.39, 0.29) is 12.2 Å². The van der Waals surface area contributed by atoms with Gasteiger partial charge in [0, 0.05) is 11.4 Å². The number of hydrogen-bond donors (Lipinski definition) is 4. The minimum Gasteiger partial charge on any atom is -0.388 e. The third-order valence-corrected chi connectivity index (χ3v) is 5.44. The number of rotatable bonds is 4. The van der Waals surface area contributed by atoms with Crippen LogP contribution in [0.3, 0.4) is 0 Å². The van der Waals surface area contributed by atoms with Crippen LogP contribution in [0.2, 0.25) is 5.02 Å². The van der Waals surface area contributed by atoms with E-state index in [0.717, 1.165) is 5.56 Å². The Bertz CT molecular complexity index is 1010. The summed E-state index contributed by atoms with van der Waals surface area (Å²) >= 11 is 6.03. The molecule has 3 aromatic rings. The maximum Gasteiger partial charge on any atom is 0.167 e. The van der Waals surface area contributed by atoms with Gasteiger partial charge in [-0.15, -0.1) is 0 Å². The molecule has 0 spiro atoms. The van der Waals surface area contributed by atoms with Gasteiger partial charge in [0.1, 0.15) is 24.1 Å². The lowest BCUT2D eigenvalue weighted by atomic mass is 9.98. The normalized spacial score (nSPS) is 26.0. The SMILES string of the molecule is Cc1cc([C@H](O)C[C@@H]2O[C@@H](n3cnc4c(N)ncnc43)[C@H](O)[C@@H]2O)ccc1Cl. The Morgan fingerprint density at radius 1 is 1.25 bits per heavy atom. The zero-order valence-corrected chi connectivity index (χ0v) is 15.7. The highest BCUT2D eigenvalue weighted by Crippen LogP contribution is 2.36. The minimum atomic E-state index is -1.22. The predicted molar refractivity (Wildman–Crippen MR) is 101 cm³/mol. The molecule has 0 unspecified atom stereocenters. The molecule has 0 amide bonds. The molecule has 3 heterocycles. The van der Waals surface area contributed by atoms with Crippen molar-refractivity contribution in [3.8, 4) is 0 Å². The first-order valence-electron chi connectivity index (χ1n) is 8.75. The van der Waals surface area contributed by atoms with Crippen LogP contribution >= 0.6 is 11.6 Å². The molecule has 1 fully saturated rings. The van der Waals surface area contributed by atoms with Crippen molar-refractivity contribution in [2.45, 2.75) is 44.0 Å². The number of benzene rings is 1. The zero-order valence-electron chi connectivity index (χ0n) is 15.0. The van der Waals surface area contributed by atoms with Crippen LogP contribution in [0.15, 0.2) is 30.9 Å². The quantitative estimate of drug-likeness (QED) is 0.506. The molecule has 10 heteroatoms. The molecule has 28 heavy (non-hydrogen) atoms. The zero-order chi connectivity index (χ0) is 20.0. The van der Waals surface area contributed by atoms with Crippen LogP contribution in [-0.2, 0) is 4.74 Å². The number of ether oxygens (including phenoxy) is 1. The van der Waals surface area contributed by atoms with Crippen LogP contribution in [0.25, 0.3) is 11.2 Å². The Labute approximate surface area is 165 Å². The van der Waals surface area contributed by atoms with Gasteiger partial charge in [0.15, 0.2) is 17.7 Å². The third-order valence-electron chi connectivity index (χ3n) is 5.02. The molecule has 148 valence electrons. The van der Waals surface area contributed by atoms with E-state index in [2.05, 4.69) is 15.0 Å². The van der Waals surface area contributed by atoms with Gasteiger partial charge in [0.25, 0.3) is 0 Å². The average molecular weight is 406 g/mol. The number of nitrogen functional groups attached to an aromatic ring is 1. The highest BCUT2D eigenvalue weighted by atomic mass is 35.5. The number of nitrogens with zero attached hydrogens (tertiary/aromatic N) is 4. The van der Waals surface area contributed by atoms with E-state index in [1.165, 1.54) is 17.2 Å². The van der Waals surface area contributed by atoms with E-state index in [0.29, 0.717) is 21.7 Å². The molecule has 1 aromatic carbocycles. The molecule has 5 N–H and O–H groups in total. The van der Waals surface area contributed by atoms with E-state index < -0.39 is 30.6 Å². The number of aromatic nitrogens is 4. The topological polar surface area (TPSA) is 140 Å². The molecule has 2 aromatic heterocycles. The van der Waals surface area contributed by atoms with E-state index in [1.54, 1.807) is 18.2 Å². The summed E-state index contributed by atoms with van der Waals surface area (Å²) in [5.74, 6) is 0.210. The molecular weight excluding hydrogens is 386 g/mol. The van der Waals surface area contributed by atoms with Gasteiger partial charge in [0.05, 0.1) is 18.5 Å². The van der Waals surface area contributed by atoms with E-state index >= 15 is 0 Å². The van der Waals surface area contributed by atoms with Crippen molar-refractivity contribution in [3.05, 3.63) is 47.0 Å². The van der Waals surface area contributed by atoms with Crippen molar-refractivity contribution in [2.24, 2.45) is 0 Å². The summed E-state index contributed by atoms with van der Waals surface area (Å²) in [5.41, 5.74) is 8.05. The number of aliphatic hydroxyl groups excluding tert-OH is 3. The number of hydrogen-bond acceptors (Lipinski definition) is 8. The van der Waals surface area contributed by atoms with Crippen LogP contribution in [0, 0.1) is 6.92 Å². The number of imidazole rings is 1. The molecule has 1 aliphatic rings. The van der Waals surface area contributed by atoms with Gasteiger partial charge in [-0.2, -0.15) is 0 Å². The molecular formula is C18H20ClN5O4. The third kappa shape index (κ3) is 3.21. The molecule has 9 nitrogen and oxygen atoms in total. The van der Waals surface area contributed by atoms with Crippen molar-refractivity contribution in [2.75, 3.05) is 5.73 Å². The standard InChI is InChI=1S/C18H20ClN5O4/c1-8-4-9(2-3-10(8)19)11(25)5-12-14(26)15(27)18(28-12)24-7-23-13-16(20)21-6-22-17(13)24/h2-4,6-7,11-12,14-15,18,25-27H,5H2,1H3,(H2,20,21,22)/t11-,12+,14-,15-,18-/m1/s1. The van der Waals surface area contributed by atoms with Gasteiger partial charge in [0.2, 0.25) is 0 Å². The molecule has 0 aliphatic carbocycles. The van der Waals surface area contributed by atoms with E-state index in [4.69, 9.17) is 22.1 Å². The highest BCUT2D eigenvalue weighted by molar-refractivity contribution is 6.31. The summed E-state index contributed by atoms with van der Waals surface area (Å²) < 4.78 is 7.36. The number of anilines is 1. The number of halogens is 1. The molecule has 1 aliphatic heterocycles. The summed E-state index contributed by atoms with van der Waals surface area (Å²) in [6.45, 7) is 1.84. The van der Waals surface area contributed by atoms with Crippen LogP contribution in [0.5, 0.6) is 0 Å². The maximum absolute atomic E-state index is 10.6. The summed E-state index contributed by atoms with van der Waals surface area (Å²) in [5, 5.41) is 32.1. The molecule has 0 saturated carbocycles. The van der Waals surface area contributed by atoms with Crippen molar-refractivity contribution in [1.29, 1.82) is 0 Å². The number of aryl methyl sites for hydroxylation is 1. The number of aliphatic hydroxyl groups is 3. The first-order chi connectivity index (χ1) is 13.4. The lowest BCUT2D eigenvalue weighted by Gasteiger charge is -2.19. The minimum absolute atomic E-state index is 0.0968. The fraction of sp³-hybridized carbons (Fsp3) is 0.389. The highest BCUT2D eigenvalue weighted by Gasteiger charge is 2.45. The Morgan fingerprint density at radius 2 is 2.04 bits per heavy atom. The number of fused-ring (bicyclic) bond motifs is 1. The fourth-order valence-electron chi connectivity index (χ4n) is 3.44. The van der Waals surface area contributed by atoms with Gasteiger partial charge in [-0.25, -0.2) is 15.0 Å². The van der Waals surface area contributed by atoms with Gasteiger partial charge in [-0.05, 0) is 24.1 Å². The summed E-state index contributed by atoms with van der Waals surface area (Å²) in [7, 11) is 0. The predicted octanol–water partition coefficient (Wildman–Crippen LogP) is 1.11. The second-order valence-electron chi connectivity index (χ2n) is 6.89. The monoisotopic (exact) mass is 405 g/mol. The second kappa shape index (κ2) is 7.26. The van der Waals surface area contributed by atoms with E-state index in [1.807, 2.05) is 6.92 Å². The Morgan fingerprint density at radius 3 is 2.79 bits per heavy atom. The Kier molecular flexibility index (Phi) is 4.94. The van der Waals surface area contributed by atoms with Gasteiger partial charge >= 0.3 is 0 Å². The van der Waals surface area contributed by atoms with Gasteiger partial charge in [-0.1, -0.05) is 23.7 Å². The summed E-state index contributed by atoms with van der Waals surface area (Å²) in [4.78, 5) is 12.2. The van der Waals surface area contributed by atoms with Gasteiger partial charge in [-0.3, -0.25) is 4.57 Å². The average Bonchev–Trinajstić information content (AvgIpc) is 3.21. The van der Waals surface area contributed by atoms with Crippen LogP contribution in [-0.4, -0.2) is 53.2 Å². The van der Waals surface area contributed by atoms with E-state index in [9.17, 15) is 15.3 Å². The largest absolute Gasteiger partial charge is 0.388 e. The summed E-state index contributed by atoms with van der Waals surface area (Å²) in [6.07, 6.45) is -2.20. The maximum atomic E-state index is 10.6. The van der Waals surface area contributed by atoms with Crippen molar-refractivity contribution < 1.29 is 20.1 Å². The second-order valence-corrected chi connectivity index (χ2v) is 7.30. The molecule has 0 radical (unpaired) electrons. The molecule has 4 rings (SSSR count). The molecule has 5 atom stereocenters. The van der Waals surface area contributed by atoms with Crippen molar-refractivity contribution in [1.82, 2.24) is 19.5 Å². The number of nitrogens with two attached hydrogens (primary N) is 1. The fourth-order valence-corrected chi connectivity index (χ4v) is 3.56. The first-order valence-corrected chi connectivity index (χ1v) is 9.13. The first kappa shape index (κ1) is 19.0. The van der Waals surface area contributed by atoms with Crippen molar-refractivity contribution >= 4 is 28.6 Å². The smallest absolute Gasteiger partial charge is 0.167 e. The molecule has 0 bridgehead atoms. The van der Waals surface area contributed by atoms with Gasteiger partial charge < -0.3 is 25.8 Å². The lowest BCUT2D eigenvalue weighted by molar-refractivity contribution is -0.0492.